The molecule has 0 fully saturated rings. The molecule has 0 amide bonds. The number of halogens is 1. The van der Waals surface area contributed by atoms with Gasteiger partial charge in [-0.2, -0.15) is 0 Å². The van der Waals surface area contributed by atoms with E-state index < -0.39 is 6.17 Å². The van der Waals surface area contributed by atoms with Gasteiger partial charge in [-0.05, 0) is 31.4 Å². The van der Waals surface area contributed by atoms with Crippen molar-refractivity contribution in [2.45, 2.75) is 25.9 Å². The van der Waals surface area contributed by atoms with E-state index in [9.17, 15) is 4.39 Å². The first-order chi connectivity index (χ1) is 5.27. The van der Waals surface area contributed by atoms with Crippen molar-refractivity contribution >= 4 is 0 Å². The standard InChI is InChI=1S/C9H10FN/c1-6-2-3-7-4-5-8(10)9(7)11-6/h2-3,8H,4-5H2,1H3. The molecule has 1 aliphatic rings. The van der Waals surface area contributed by atoms with Crippen molar-refractivity contribution in [1.29, 1.82) is 0 Å². The molecule has 0 aromatic carbocycles. The van der Waals surface area contributed by atoms with Crippen LogP contribution in [0.15, 0.2) is 12.1 Å². The second kappa shape index (κ2) is 2.29. The Labute approximate surface area is 65.3 Å². The lowest BCUT2D eigenvalue weighted by atomic mass is 10.2. The summed E-state index contributed by atoms with van der Waals surface area (Å²) in [6, 6.07) is 3.92. The lowest BCUT2D eigenvalue weighted by Crippen LogP contribution is -1.92. The van der Waals surface area contributed by atoms with Crippen molar-refractivity contribution in [1.82, 2.24) is 4.98 Å². The van der Waals surface area contributed by atoms with Gasteiger partial charge in [0, 0.05) is 5.69 Å². The average molecular weight is 151 g/mol. The maximum atomic E-state index is 13.0. The fourth-order valence-electron chi connectivity index (χ4n) is 1.51. The number of nitrogens with zero attached hydrogens (tertiary/aromatic N) is 1. The van der Waals surface area contributed by atoms with Gasteiger partial charge in [-0.1, -0.05) is 6.07 Å². The number of aryl methyl sites for hydroxylation is 2. The molecule has 1 unspecified atom stereocenters. The van der Waals surface area contributed by atoms with E-state index in [1.54, 1.807) is 0 Å². The summed E-state index contributed by atoms with van der Waals surface area (Å²) in [6.07, 6.45) is 0.653. The number of aromatic nitrogens is 1. The summed E-state index contributed by atoms with van der Waals surface area (Å²) in [5.74, 6) is 0. The first-order valence-corrected chi connectivity index (χ1v) is 3.88. The van der Waals surface area contributed by atoms with Crippen LogP contribution in [-0.4, -0.2) is 4.98 Å². The summed E-state index contributed by atoms with van der Waals surface area (Å²) in [5, 5.41) is 0. The molecule has 58 valence electrons. The summed E-state index contributed by atoms with van der Waals surface area (Å²) in [4.78, 5) is 4.16. The highest BCUT2D eigenvalue weighted by molar-refractivity contribution is 5.28. The van der Waals surface area contributed by atoms with Crippen molar-refractivity contribution < 1.29 is 4.39 Å². The van der Waals surface area contributed by atoms with E-state index in [0.29, 0.717) is 12.1 Å². The molecule has 0 saturated heterocycles. The number of rotatable bonds is 0. The van der Waals surface area contributed by atoms with E-state index in [0.717, 1.165) is 17.7 Å². The summed E-state index contributed by atoms with van der Waals surface area (Å²) >= 11 is 0. The van der Waals surface area contributed by atoms with Crippen LogP contribution in [0.4, 0.5) is 4.39 Å². The van der Waals surface area contributed by atoms with Gasteiger partial charge in [0.25, 0.3) is 0 Å². The van der Waals surface area contributed by atoms with Crippen LogP contribution < -0.4 is 0 Å². The maximum absolute atomic E-state index is 13.0. The van der Waals surface area contributed by atoms with Gasteiger partial charge in [0.15, 0.2) is 0 Å². The Bertz CT molecular complexity index is 283. The minimum Gasteiger partial charge on any atom is -0.255 e. The Kier molecular flexibility index (Phi) is 1.41. The van der Waals surface area contributed by atoms with E-state index >= 15 is 0 Å². The molecule has 11 heavy (non-hydrogen) atoms. The molecule has 0 N–H and O–H groups in total. The first-order valence-electron chi connectivity index (χ1n) is 3.88. The van der Waals surface area contributed by atoms with Gasteiger partial charge in [0.05, 0.1) is 5.69 Å². The first kappa shape index (κ1) is 6.77. The average Bonchev–Trinajstić information content (AvgIpc) is 2.33. The smallest absolute Gasteiger partial charge is 0.143 e. The number of hydrogen-bond acceptors (Lipinski definition) is 1. The third kappa shape index (κ3) is 1.02. The molecule has 1 aliphatic carbocycles. The molecule has 1 heterocycles. The van der Waals surface area contributed by atoms with Crippen LogP contribution in [0.1, 0.15) is 29.5 Å². The minimum atomic E-state index is -0.815. The van der Waals surface area contributed by atoms with Crippen LogP contribution in [0.2, 0.25) is 0 Å². The van der Waals surface area contributed by atoms with Crippen molar-refractivity contribution in [2.75, 3.05) is 0 Å². The summed E-state index contributed by atoms with van der Waals surface area (Å²) in [6.45, 7) is 1.89. The Balaban J connectivity index is 2.52. The van der Waals surface area contributed by atoms with Crippen LogP contribution >= 0.6 is 0 Å². The van der Waals surface area contributed by atoms with Crippen LogP contribution in [0, 0.1) is 6.92 Å². The molecule has 0 saturated carbocycles. The lowest BCUT2D eigenvalue weighted by molar-refractivity contribution is 0.337. The fraction of sp³-hybridized carbons (Fsp3) is 0.444. The van der Waals surface area contributed by atoms with Crippen molar-refractivity contribution in [2.24, 2.45) is 0 Å². The quantitative estimate of drug-likeness (QED) is 0.554. The molecular weight excluding hydrogens is 141 g/mol. The SMILES string of the molecule is Cc1ccc2c(n1)C(F)CC2. The van der Waals surface area contributed by atoms with Crippen LogP contribution in [0.25, 0.3) is 0 Å². The van der Waals surface area contributed by atoms with Crippen LogP contribution in [0.3, 0.4) is 0 Å². The highest BCUT2D eigenvalue weighted by atomic mass is 19.1. The largest absolute Gasteiger partial charge is 0.255 e. The topological polar surface area (TPSA) is 12.9 Å². The van der Waals surface area contributed by atoms with Crippen LogP contribution in [0.5, 0.6) is 0 Å². The van der Waals surface area contributed by atoms with Gasteiger partial charge < -0.3 is 0 Å². The van der Waals surface area contributed by atoms with Gasteiger partial charge in [-0.3, -0.25) is 4.98 Å². The predicted octanol–water partition coefficient (Wildman–Crippen LogP) is 2.35. The molecule has 0 spiro atoms. The summed E-state index contributed by atoms with van der Waals surface area (Å²) in [5.41, 5.74) is 2.67. The minimum absolute atomic E-state index is 0.617. The second-order valence-electron chi connectivity index (χ2n) is 3.00. The molecule has 1 atom stereocenters. The van der Waals surface area contributed by atoms with Crippen molar-refractivity contribution in [3.63, 3.8) is 0 Å². The Morgan fingerprint density at radius 2 is 2.36 bits per heavy atom. The van der Waals surface area contributed by atoms with Gasteiger partial charge in [-0.15, -0.1) is 0 Å². The number of alkyl halides is 1. The lowest BCUT2D eigenvalue weighted by Gasteiger charge is -2.00. The van der Waals surface area contributed by atoms with E-state index in [1.807, 2.05) is 19.1 Å². The normalized spacial score (nSPS) is 21.8. The van der Waals surface area contributed by atoms with Gasteiger partial charge >= 0.3 is 0 Å². The Morgan fingerprint density at radius 3 is 3.18 bits per heavy atom. The van der Waals surface area contributed by atoms with Gasteiger partial charge in [0.2, 0.25) is 0 Å². The number of pyridine rings is 1. The zero-order chi connectivity index (χ0) is 7.84. The molecule has 0 radical (unpaired) electrons. The van der Waals surface area contributed by atoms with Crippen molar-refractivity contribution in [3.05, 3.63) is 29.1 Å². The van der Waals surface area contributed by atoms with Crippen LogP contribution in [-0.2, 0) is 6.42 Å². The maximum Gasteiger partial charge on any atom is 0.143 e. The van der Waals surface area contributed by atoms with Gasteiger partial charge in [0.1, 0.15) is 6.17 Å². The zero-order valence-corrected chi connectivity index (χ0v) is 6.47. The van der Waals surface area contributed by atoms with Crippen molar-refractivity contribution in [3.8, 4) is 0 Å². The molecule has 1 nitrogen and oxygen atoms in total. The van der Waals surface area contributed by atoms with E-state index in [4.69, 9.17) is 0 Å². The molecule has 0 aliphatic heterocycles. The third-order valence-electron chi connectivity index (χ3n) is 2.12. The molecule has 2 heteroatoms. The van der Waals surface area contributed by atoms with E-state index in [1.165, 1.54) is 0 Å². The molecular formula is C9H10FN. The molecule has 0 bridgehead atoms. The third-order valence-corrected chi connectivity index (χ3v) is 2.12. The molecule has 1 aromatic rings. The summed E-state index contributed by atoms with van der Waals surface area (Å²) in [7, 11) is 0. The highest BCUT2D eigenvalue weighted by Gasteiger charge is 2.22. The van der Waals surface area contributed by atoms with E-state index in [2.05, 4.69) is 4.98 Å². The molecule has 2 rings (SSSR count). The summed E-state index contributed by atoms with van der Waals surface area (Å²) < 4.78 is 13.0. The highest BCUT2D eigenvalue weighted by Crippen LogP contribution is 2.32. The van der Waals surface area contributed by atoms with Gasteiger partial charge in [-0.25, -0.2) is 4.39 Å². The second-order valence-corrected chi connectivity index (χ2v) is 3.00. The Hall–Kier alpha value is -0.920. The number of hydrogen-bond donors (Lipinski definition) is 0. The monoisotopic (exact) mass is 151 g/mol. The zero-order valence-electron chi connectivity index (χ0n) is 6.47. The fourth-order valence-corrected chi connectivity index (χ4v) is 1.51. The predicted molar refractivity (Wildman–Crippen MR) is 41.1 cm³/mol. The number of fused-ring (bicyclic) bond motifs is 1. The molecule has 1 aromatic heterocycles. The van der Waals surface area contributed by atoms with E-state index in [-0.39, 0.29) is 0 Å². The Morgan fingerprint density at radius 1 is 1.55 bits per heavy atom.